The lowest BCUT2D eigenvalue weighted by Crippen LogP contribution is -2.32. The maximum Gasteiger partial charge on any atom is 0.231 e. The molecule has 0 bridgehead atoms. The van der Waals surface area contributed by atoms with Gasteiger partial charge < -0.3 is 24.5 Å². The zero-order chi connectivity index (χ0) is 19.4. The van der Waals surface area contributed by atoms with Gasteiger partial charge in [-0.3, -0.25) is 4.90 Å². The Morgan fingerprint density at radius 1 is 1.17 bits per heavy atom. The van der Waals surface area contributed by atoms with Crippen molar-refractivity contribution in [1.82, 2.24) is 19.4 Å². The van der Waals surface area contributed by atoms with Gasteiger partial charge in [0.05, 0.1) is 18.1 Å². The second-order valence-electron chi connectivity index (χ2n) is 7.60. The summed E-state index contributed by atoms with van der Waals surface area (Å²) in [6.45, 7) is 4.07. The number of anilines is 1. The second-order valence-corrected chi connectivity index (χ2v) is 7.60. The maximum absolute atomic E-state index is 6.27. The van der Waals surface area contributed by atoms with Gasteiger partial charge in [-0.2, -0.15) is 0 Å². The van der Waals surface area contributed by atoms with Gasteiger partial charge >= 0.3 is 0 Å². The van der Waals surface area contributed by atoms with E-state index in [0.29, 0.717) is 11.9 Å². The summed E-state index contributed by atoms with van der Waals surface area (Å²) in [6, 6.07) is 5.94. The van der Waals surface area contributed by atoms with Crippen molar-refractivity contribution in [3.8, 4) is 22.6 Å². The van der Waals surface area contributed by atoms with Crippen LogP contribution in [0, 0.1) is 0 Å². The highest BCUT2D eigenvalue weighted by Gasteiger charge is 2.27. The van der Waals surface area contributed by atoms with Crippen molar-refractivity contribution in [2.75, 3.05) is 38.8 Å². The first-order valence-electron chi connectivity index (χ1n) is 9.81. The molecule has 0 aliphatic carbocycles. The van der Waals surface area contributed by atoms with Crippen molar-refractivity contribution in [3.05, 3.63) is 36.8 Å². The van der Waals surface area contributed by atoms with Gasteiger partial charge in [0.1, 0.15) is 17.8 Å². The number of nitrogens with zero attached hydrogens (tertiary/aromatic N) is 4. The fourth-order valence-electron chi connectivity index (χ4n) is 4.13. The molecule has 1 aromatic carbocycles. The third kappa shape index (κ3) is 2.92. The Morgan fingerprint density at radius 2 is 2.07 bits per heavy atom. The summed E-state index contributed by atoms with van der Waals surface area (Å²) in [6.07, 6.45) is 7.27. The van der Waals surface area contributed by atoms with Crippen LogP contribution in [0.15, 0.2) is 36.8 Å². The number of hydrogen-bond acceptors (Lipinski definition) is 7. The summed E-state index contributed by atoms with van der Waals surface area (Å²) < 4.78 is 18.5. The Morgan fingerprint density at radius 3 is 2.90 bits per heavy atom. The molecule has 1 fully saturated rings. The number of rotatable bonds is 4. The molecule has 3 aromatic rings. The zero-order valence-corrected chi connectivity index (χ0v) is 15.9. The second kappa shape index (κ2) is 6.47. The van der Waals surface area contributed by atoms with Crippen molar-refractivity contribution in [3.63, 3.8) is 0 Å². The van der Waals surface area contributed by atoms with Crippen molar-refractivity contribution in [2.45, 2.75) is 12.5 Å². The van der Waals surface area contributed by atoms with Crippen LogP contribution in [0.3, 0.4) is 0 Å². The molecule has 1 saturated heterocycles. The number of nitrogen functional groups attached to an aromatic ring is 1. The minimum atomic E-state index is 0.251. The lowest BCUT2D eigenvalue weighted by Gasteiger charge is -2.26. The van der Waals surface area contributed by atoms with Crippen LogP contribution in [0.2, 0.25) is 0 Å². The Kier molecular flexibility index (Phi) is 3.75. The molecule has 3 aliphatic rings. The van der Waals surface area contributed by atoms with Gasteiger partial charge in [-0.15, -0.1) is 0 Å². The van der Waals surface area contributed by atoms with Crippen molar-refractivity contribution < 1.29 is 14.2 Å². The lowest BCUT2D eigenvalue weighted by molar-refractivity contribution is 0.174. The molecular weight excluding hydrogens is 370 g/mol. The molecule has 2 aromatic heterocycles. The highest BCUT2D eigenvalue weighted by Crippen LogP contribution is 2.40. The standard InChI is InChI=1S/C21H21N5O3/c22-20-19-16(13-1-2-17-18(7-13)29-12-28-17)9-26(21(19)24-11-23-20)14-3-5-25(6-4-14)8-15-10-27-15/h1-3,7,9,11,15H,4-6,8,10,12H2,(H2,22,23,24)/t15-/m1/s1. The molecule has 148 valence electrons. The van der Waals surface area contributed by atoms with Gasteiger partial charge in [0, 0.05) is 43.5 Å². The van der Waals surface area contributed by atoms with E-state index in [2.05, 4.69) is 31.7 Å². The van der Waals surface area contributed by atoms with Crippen LogP contribution >= 0.6 is 0 Å². The normalized spacial score (nSPS) is 20.8. The number of fused-ring (bicyclic) bond motifs is 2. The summed E-state index contributed by atoms with van der Waals surface area (Å²) in [5.41, 5.74) is 10.3. The van der Waals surface area contributed by atoms with Crippen LogP contribution in [-0.4, -0.2) is 58.6 Å². The topological polar surface area (TPSA) is 91.0 Å². The monoisotopic (exact) mass is 391 g/mol. The average molecular weight is 391 g/mol. The minimum absolute atomic E-state index is 0.251. The van der Waals surface area contributed by atoms with Gasteiger partial charge in [-0.25, -0.2) is 9.97 Å². The molecule has 3 aliphatic heterocycles. The number of hydrogen-bond donors (Lipinski definition) is 1. The van der Waals surface area contributed by atoms with Crippen molar-refractivity contribution in [2.24, 2.45) is 0 Å². The number of nitrogens with two attached hydrogens (primary N) is 1. The van der Waals surface area contributed by atoms with Crippen LogP contribution in [0.25, 0.3) is 27.9 Å². The molecular formula is C21H21N5O3. The first-order valence-corrected chi connectivity index (χ1v) is 9.81. The van der Waals surface area contributed by atoms with E-state index in [9.17, 15) is 0 Å². The molecule has 8 heteroatoms. The van der Waals surface area contributed by atoms with E-state index in [1.54, 1.807) is 0 Å². The smallest absolute Gasteiger partial charge is 0.231 e. The largest absolute Gasteiger partial charge is 0.454 e. The highest BCUT2D eigenvalue weighted by molar-refractivity contribution is 6.02. The van der Waals surface area contributed by atoms with Crippen LogP contribution in [0.5, 0.6) is 11.5 Å². The molecule has 2 N–H and O–H groups in total. The number of aromatic nitrogens is 3. The van der Waals surface area contributed by atoms with Crippen LogP contribution in [0.1, 0.15) is 6.42 Å². The number of epoxide rings is 1. The average Bonchev–Trinajstić information content (AvgIpc) is 3.28. The van der Waals surface area contributed by atoms with E-state index in [4.69, 9.17) is 19.9 Å². The zero-order valence-electron chi connectivity index (χ0n) is 15.9. The molecule has 8 nitrogen and oxygen atoms in total. The van der Waals surface area contributed by atoms with Gasteiger partial charge in [0.15, 0.2) is 11.5 Å². The third-order valence-corrected chi connectivity index (χ3v) is 5.74. The predicted molar refractivity (Wildman–Crippen MR) is 109 cm³/mol. The summed E-state index contributed by atoms with van der Waals surface area (Å²) >= 11 is 0. The molecule has 5 heterocycles. The highest BCUT2D eigenvalue weighted by atomic mass is 16.7. The molecule has 6 rings (SSSR count). The molecule has 0 unspecified atom stereocenters. The van der Waals surface area contributed by atoms with E-state index in [1.807, 2.05) is 18.2 Å². The first-order chi connectivity index (χ1) is 14.3. The number of ether oxygens (including phenoxy) is 3. The Balaban J connectivity index is 1.42. The molecule has 0 radical (unpaired) electrons. The fraction of sp³-hybridized carbons (Fsp3) is 0.333. The predicted octanol–water partition coefficient (Wildman–Crippen LogP) is 2.35. The van der Waals surface area contributed by atoms with E-state index >= 15 is 0 Å². The summed E-state index contributed by atoms with van der Waals surface area (Å²) in [5, 5.41) is 0.862. The molecule has 1 atom stereocenters. The van der Waals surface area contributed by atoms with Crippen molar-refractivity contribution in [1.29, 1.82) is 0 Å². The van der Waals surface area contributed by atoms with Crippen LogP contribution in [0.4, 0.5) is 5.82 Å². The lowest BCUT2D eigenvalue weighted by atomic mass is 10.1. The van der Waals surface area contributed by atoms with E-state index in [-0.39, 0.29) is 6.79 Å². The first kappa shape index (κ1) is 16.8. The minimum Gasteiger partial charge on any atom is -0.454 e. The van der Waals surface area contributed by atoms with Gasteiger partial charge in [0.25, 0.3) is 0 Å². The third-order valence-electron chi connectivity index (χ3n) is 5.74. The molecule has 29 heavy (non-hydrogen) atoms. The Labute approximate surface area is 167 Å². The quantitative estimate of drug-likeness (QED) is 0.683. The van der Waals surface area contributed by atoms with E-state index < -0.39 is 0 Å². The van der Waals surface area contributed by atoms with Gasteiger partial charge in [-0.1, -0.05) is 12.1 Å². The van der Waals surface area contributed by atoms with Crippen molar-refractivity contribution >= 4 is 22.5 Å². The maximum atomic E-state index is 6.27. The Hall–Kier alpha value is -3.10. The fourth-order valence-corrected chi connectivity index (χ4v) is 4.13. The molecule has 0 amide bonds. The van der Waals surface area contributed by atoms with E-state index in [0.717, 1.165) is 66.3 Å². The summed E-state index contributed by atoms with van der Waals surface area (Å²) in [5.74, 6) is 1.98. The molecule has 0 saturated carbocycles. The summed E-state index contributed by atoms with van der Waals surface area (Å²) in [4.78, 5) is 11.2. The number of benzene rings is 1. The Bertz CT molecular complexity index is 1130. The molecule has 0 spiro atoms. The SMILES string of the molecule is Nc1ncnc2c1c(-c1ccc3c(c1)OCO3)cn2C1=CCN(C[C@@H]2CO2)CC1. The summed E-state index contributed by atoms with van der Waals surface area (Å²) in [7, 11) is 0. The van der Waals surface area contributed by atoms with E-state index in [1.165, 1.54) is 12.0 Å². The van der Waals surface area contributed by atoms with Crippen LogP contribution in [-0.2, 0) is 4.74 Å². The van der Waals surface area contributed by atoms with Gasteiger partial charge in [-0.05, 0) is 17.7 Å². The van der Waals surface area contributed by atoms with Gasteiger partial charge in [0.2, 0.25) is 6.79 Å². The van der Waals surface area contributed by atoms with Crippen LogP contribution < -0.4 is 15.2 Å².